The van der Waals surface area contributed by atoms with Crippen LogP contribution in [-0.2, 0) is 4.74 Å². The zero-order valence-corrected chi connectivity index (χ0v) is 13.6. The van der Waals surface area contributed by atoms with Gasteiger partial charge in [0.25, 0.3) is 5.91 Å². The normalized spacial score (nSPS) is 14.7. The Morgan fingerprint density at radius 2 is 1.68 bits per heavy atom. The summed E-state index contributed by atoms with van der Waals surface area (Å²) in [5.74, 6) is 0.456. The molecule has 0 radical (unpaired) electrons. The van der Waals surface area contributed by atoms with Crippen molar-refractivity contribution in [2.75, 3.05) is 40.4 Å². The summed E-state index contributed by atoms with van der Waals surface area (Å²) < 4.78 is 9.83. The highest BCUT2D eigenvalue weighted by Crippen LogP contribution is 2.28. The molecule has 0 atom stereocenters. The van der Waals surface area contributed by atoms with Crippen molar-refractivity contribution in [3.05, 3.63) is 28.3 Å². The maximum atomic E-state index is 12.6. The number of rotatable bonds is 2. The van der Waals surface area contributed by atoms with Crippen LogP contribution in [0.15, 0.2) is 12.1 Å². The lowest BCUT2D eigenvalue weighted by Gasteiger charge is -2.34. The molecule has 120 valence electrons. The van der Waals surface area contributed by atoms with Crippen LogP contribution >= 0.6 is 11.6 Å². The molecule has 2 rings (SSSR count). The van der Waals surface area contributed by atoms with Gasteiger partial charge in [0.15, 0.2) is 0 Å². The molecule has 1 aromatic carbocycles. The van der Waals surface area contributed by atoms with Crippen molar-refractivity contribution in [1.82, 2.24) is 9.80 Å². The van der Waals surface area contributed by atoms with E-state index in [9.17, 15) is 9.59 Å². The Balaban J connectivity index is 2.10. The van der Waals surface area contributed by atoms with Crippen molar-refractivity contribution in [2.24, 2.45) is 0 Å². The molecule has 1 aromatic rings. The number of hydrogen-bond acceptors (Lipinski definition) is 4. The summed E-state index contributed by atoms with van der Waals surface area (Å²) in [7, 11) is 2.89. The second kappa shape index (κ2) is 6.87. The number of carbonyl (C=O) groups excluding carboxylic acids is 2. The number of carbonyl (C=O) groups is 2. The predicted molar refractivity (Wildman–Crippen MR) is 82.6 cm³/mol. The fourth-order valence-corrected chi connectivity index (χ4v) is 2.67. The van der Waals surface area contributed by atoms with Gasteiger partial charge in [0.2, 0.25) is 0 Å². The number of benzene rings is 1. The van der Waals surface area contributed by atoms with Crippen molar-refractivity contribution in [1.29, 1.82) is 0 Å². The standard InChI is InChI=1S/C15H19ClN2O4/c1-10-8-13(21-2)12(16)9-11(10)14(19)17-4-6-18(7-5-17)15(20)22-3/h8-9H,4-7H2,1-3H3. The molecule has 0 saturated carbocycles. The first-order chi connectivity index (χ1) is 10.5. The van der Waals surface area contributed by atoms with Crippen LogP contribution in [-0.4, -0.2) is 62.2 Å². The minimum absolute atomic E-state index is 0.0911. The van der Waals surface area contributed by atoms with Crippen LogP contribution in [0.3, 0.4) is 0 Å². The summed E-state index contributed by atoms with van der Waals surface area (Å²) in [5.41, 5.74) is 1.36. The maximum Gasteiger partial charge on any atom is 0.409 e. The quantitative estimate of drug-likeness (QED) is 0.836. The second-order valence-corrected chi connectivity index (χ2v) is 5.46. The fraction of sp³-hybridized carbons (Fsp3) is 0.467. The molecule has 0 aliphatic carbocycles. The minimum atomic E-state index is -0.365. The highest BCUT2D eigenvalue weighted by molar-refractivity contribution is 6.32. The number of hydrogen-bond donors (Lipinski definition) is 0. The monoisotopic (exact) mass is 326 g/mol. The topological polar surface area (TPSA) is 59.1 Å². The molecule has 0 N–H and O–H groups in total. The van der Waals surface area contributed by atoms with Gasteiger partial charge in [-0.1, -0.05) is 11.6 Å². The number of amides is 2. The van der Waals surface area contributed by atoms with Gasteiger partial charge in [-0.05, 0) is 24.6 Å². The summed E-state index contributed by atoms with van der Waals surface area (Å²) in [6.45, 7) is 3.70. The number of aryl methyl sites for hydroxylation is 1. The Morgan fingerprint density at radius 1 is 1.09 bits per heavy atom. The maximum absolute atomic E-state index is 12.6. The molecule has 2 amide bonds. The molecule has 1 heterocycles. The highest BCUT2D eigenvalue weighted by atomic mass is 35.5. The minimum Gasteiger partial charge on any atom is -0.495 e. The van der Waals surface area contributed by atoms with E-state index in [-0.39, 0.29) is 12.0 Å². The molecule has 0 bridgehead atoms. The number of nitrogens with zero attached hydrogens (tertiary/aromatic N) is 2. The Labute approximate surface area is 134 Å². The number of ether oxygens (including phenoxy) is 2. The lowest BCUT2D eigenvalue weighted by Crippen LogP contribution is -2.50. The average Bonchev–Trinajstić information content (AvgIpc) is 2.55. The van der Waals surface area contributed by atoms with E-state index in [0.717, 1.165) is 5.56 Å². The van der Waals surface area contributed by atoms with E-state index in [2.05, 4.69) is 4.74 Å². The summed E-state index contributed by atoms with van der Waals surface area (Å²) >= 11 is 6.10. The first kappa shape index (κ1) is 16.4. The van der Waals surface area contributed by atoms with Gasteiger partial charge < -0.3 is 19.3 Å². The second-order valence-electron chi connectivity index (χ2n) is 5.05. The van der Waals surface area contributed by atoms with E-state index in [1.165, 1.54) is 14.2 Å². The Kier molecular flexibility index (Phi) is 5.13. The van der Waals surface area contributed by atoms with Gasteiger partial charge in [0.05, 0.1) is 19.2 Å². The Morgan fingerprint density at radius 3 is 2.23 bits per heavy atom. The SMILES string of the molecule is COC(=O)N1CCN(C(=O)c2cc(Cl)c(OC)cc2C)CC1. The van der Waals surface area contributed by atoms with Crippen LogP contribution in [0.5, 0.6) is 5.75 Å². The van der Waals surface area contributed by atoms with Gasteiger partial charge in [0.1, 0.15) is 5.75 Å². The fourth-order valence-electron chi connectivity index (χ4n) is 2.43. The van der Waals surface area contributed by atoms with Crippen LogP contribution in [0.1, 0.15) is 15.9 Å². The molecular weight excluding hydrogens is 308 g/mol. The van der Waals surface area contributed by atoms with Crippen LogP contribution in [0.25, 0.3) is 0 Å². The first-order valence-electron chi connectivity index (χ1n) is 6.94. The van der Waals surface area contributed by atoms with Crippen LogP contribution in [0.4, 0.5) is 4.79 Å². The molecule has 0 unspecified atom stereocenters. The van der Waals surface area contributed by atoms with Gasteiger partial charge in [-0.3, -0.25) is 4.79 Å². The molecule has 1 fully saturated rings. The van der Waals surface area contributed by atoms with Crippen molar-refractivity contribution in [3.63, 3.8) is 0 Å². The van der Waals surface area contributed by atoms with Crippen molar-refractivity contribution in [3.8, 4) is 5.75 Å². The van der Waals surface area contributed by atoms with Crippen molar-refractivity contribution < 1.29 is 19.1 Å². The first-order valence-corrected chi connectivity index (χ1v) is 7.32. The molecular formula is C15H19ClN2O4. The smallest absolute Gasteiger partial charge is 0.409 e. The van der Waals surface area contributed by atoms with Crippen molar-refractivity contribution >= 4 is 23.6 Å². The van der Waals surface area contributed by atoms with Crippen LogP contribution in [0.2, 0.25) is 5.02 Å². The van der Waals surface area contributed by atoms with Crippen molar-refractivity contribution in [2.45, 2.75) is 6.92 Å². The highest BCUT2D eigenvalue weighted by Gasteiger charge is 2.26. The largest absolute Gasteiger partial charge is 0.495 e. The van der Waals surface area contributed by atoms with E-state index < -0.39 is 0 Å². The number of halogens is 1. The third-order valence-electron chi connectivity index (χ3n) is 3.73. The van der Waals surface area contributed by atoms with Gasteiger partial charge in [0, 0.05) is 31.7 Å². The molecule has 0 aromatic heterocycles. The Hall–Kier alpha value is -1.95. The van der Waals surface area contributed by atoms with E-state index >= 15 is 0 Å². The zero-order valence-electron chi connectivity index (χ0n) is 12.9. The lowest BCUT2D eigenvalue weighted by molar-refractivity contribution is 0.0599. The number of piperazine rings is 1. The summed E-state index contributed by atoms with van der Waals surface area (Å²) in [5, 5.41) is 0.407. The predicted octanol–water partition coefficient (Wildman–Crippen LogP) is 2.18. The van der Waals surface area contributed by atoms with Crippen LogP contribution in [0, 0.1) is 6.92 Å². The van der Waals surface area contributed by atoms with Crippen LogP contribution < -0.4 is 4.74 Å². The molecule has 1 aliphatic heterocycles. The lowest BCUT2D eigenvalue weighted by atomic mass is 10.1. The van der Waals surface area contributed by atoms with Gasteiger partial charge in [-0.2, -0.15) is 0 Å². The third kappa shape index (κ3) is 3.27. The van der Waals surface area contributed by atoms with E-state index in [1.807, 2.05) is 6.92 Å². The summed E-state index contributed by atoms with van der Waals surface area (Å²) in [6.07, 6.45) is -0.365. The third-order valence-corrected chi connectivity index (χ3v) is 4.02. The molecule has 0 spiro atoms. The summed E-state index contributed by atoms with van der Waals surface area (Å²) in [6, 6.07) is 3.38. The average molecular weight is 327 g/mol. The number of methoxy groups -OCH3 is 2. The zero-order chi connectivity index (χ0) is 16.3. The van der Waals surface area contributed by atoms with E-state index in [4.69, 9.17) is 16.3 Å². The summed E-state index contributed by atoms with van der Waals surface area (Å²) in [4.78, 5) is 27.4. The van der Waals surface area contributed by atoms with Gasteiger partial charge in [-0.25, -0.2) is 4.79 Å². The van der Waals surface area contributed by atoms with E-state index in [1.54, 1.807) is 21.9 Å². The Bertz CT molecular complexity index is 583. The van der Waals surface area contributed by atoms with Gasteiger partial charge in [-0.15, -0.1) is 0 Å². The molecule has 1 aliphatic rings. The molecule has 6 nitrogen and oxygen atoms in total. The molecule has 22 heavy (non-hydrogen) atoms. The molecule has 7 heteroatoms. The molecule has 1 saturated heterocycles. The van der Waals surface area contributed by atoms with Gasteiger partial charge >= 0.3 is 6.09 Å². The van der Waals surface area contributed by atoms with E-state index in [0.29, 0.717) is 42.5 Å².